The van der Waals surface area contributed by atoms with Gasteiger partial charge in [0.15, 0.2) is 0 Å². The molecule has 0 unspecified atom stereocenters. The fourth-order valence-corrected chi connectivity index (χ4v) is 9.01. The summed E-state index contributed by atoms with van der Waals surface area (Å²) >= 11 is 0. The van der Waals surface area contributed by atoms with E-state index in [0.717, 1.165) is 0 Å². The molecular formula is C43H63N9O12S. The molecule has 65 heavy (non-hydrogen) atoms. The third-order valence-electron chi connectivity index (χ3n) is 11.6. The third kappa shape index (κ3) is 15.7. The Morgan fingerprint density at radius 1 is 1.00 bits per heavy atom. The summed E-state index contributed by atoms with van der Waals surface area (Å²) in [4.78, 5) is 85.1. The molecule has 1 aliphatic rings. The standard InChI is InChI=1S/C43H63N9O12S/c1-9-28(4)38(50(6)42(56)37(27(2)3)47-43(57)64-32-20-18-31(19-21-32)52(58)59)35(62-7)26-36(53)51-23-13-17-34(51)39(63-8)29(5)40(54)46-33(25-30-15-11-10-12-16-30)41(55)48-65(60,61)24-14-22-45-49-44/h10-12,15-16,18-21,27-29,33-35,37-39H,9,13-14,17,22-26H2,1-8H3,(H,46,54)(H,47,57)(H,48,55)/t28-,29+,33-,34-,35+,37-,38-,39+/m0/s1. The number of benzene rings is 2. The van der Waals surface area contributed by atoms with Crippen LogP contribution in [-0.2, 0) is 45.1 Å². The normalized spacial score (nSPS) is 17.0. The average Bonchev–Trinajstić information content (AvgIpc) is 3.76. The highest BCUT2D eigenvalue weighted by Gasteiger charge is 2.43. The molecule has 21 nitrogen and oxygen atoms in total. The van der Waals surface area contributed by atoms with Crippen LogP contribution in [0.4, 0.5) is 10.5 Å². The fourth-order valence-electron chi connectivity index (χ4n) is 7.95. The lowest BCUT2D eigenvalue weighted by Crippen LogP contribution is -2.58. The Labute approximate surface area is 380 Å². The molecule has 0 radical (unpaired) electrons. The second-order valence-corrected chi connectivity index (χ2v) is 18.3. The van der Waals surface area contributed by atoms with Crippen LogP contribution in [0.15, 0.2) is 59.7 Å². The van der Waals surface area contributed by atoms with E-state index in [1.165, 1.54) is 43.4 Å². The highest BCUT2D eigenvalue weighted by Crippen LogP contribution is 2.30. The van der Waals surface area contributed by atoms with Crippen LogP contribution in [0.5, 0.6) is 5.75 Å². The predicted octanol–water partition coefficient (Wildman–Crippen LogP) is 4.50. The summed E-state index contributed by atoms with van der Waals surface area (Å²) in [5.74, 6) is -4.27. The smallest absolute Gasteiger partial charge is 0.410 e. The summed E-state index contributed by atoms with van der Waals surface area (Å²) in [6, 6.07) is 10.1. The molecule has 0 aliphatic carbocycles. The molecule has 22 heteroatoms. The molecule has 2 aromatic carbocycles. The van der Waals surface area contributed by atoms with Crippen molar-refractivity contribution in [3.63, 3.8) is 0 Å². The van der Waals surface area contributed by atoms with Crippen LogP contribution in [0.25, 0.3) is 10.4 Å². The summed E-state index contributed by atoms with van der Waals surface area (Å²) in [6.45, 7) is 9.24. The number of carbonyl (C=O) groups excluding carboxylic acids is 5. The molecule has 3 rings (SSSR count). The number of amides is 5. The van der Waals surface area contributed by atoms with Crippen molar-refractivity contribution >= 4 is 45.4 Å². The number of nitro groups is 1. The number of non-ortho nitro benzene ring substituents is 1. The zero-order valence-electron chi connectivity index (χ0n) is 38.2. The van der Waals surface area contributed by atoms with Gasteiger partial charge in [0.05, 0.1) is 47.3 Å². The highest BCUT2D eigenvalue weighted by atomic mass is 32.2. The van der Waals surface area contributed by atoms with E-state index in [2.05, 4.69) is 20.7 Å². The summed E-state index contributed by atoms with van der Waals surface area (Å²) in [5.41, 5.74) is 8.97. The molecule has 358 valence electrons. The number of ether oxygens (including phenoxy) is 3. The van der Waals surface area contributed by atoms with Gasteiger partial charge in [0.1, 0.15) is 17.8 Å². The number of rotatable bonds is 25. The Balaban J connectivity index is 1.78. The van der Waals surface area contributed by atoms with Crippen molar-refractivity contribution < 1.29 is 51.5 Å². The second-order valence-electron chi connectivity index (χ2n) is 16.4. The summed E-state index contributed by atoms with van der Waals surface area (Å²) in [7, 11) is 0.317. The molecular weight excluding hydrogens is 867 g/mol. The molecule has 5 amide bonds. The van der Waals surface area contributed by atoms with Gasteiger partial charge >= 0.3 is 6.09 Å². The Bertz CT molecular complexity index is 2090. The van der Waals surface area contributed by atoms with Crippen LogP contribution in [0.1, 0.15) is 72.3 Å². The van der Waals surface area contributed by atoms with E-state index in [9.17, 15) is 42.5 Å². The lowest BCUT2D eigenvalue weighted by molar-refractivity contribution is -0.384. The van der Waals surface area contributed by atoms with Crippen LogP contribution >= 0.6 is 0 Å². The molecule has 1 fully saturated rings. The number of sulfonamides is 1. The molecule has 0 saturated carbocycles. The van der Waals surface area contributed by atoms with Gasteiger partial charge in [-0.1, -0.05) is 76.5 Å². The van der Waals surface area contributed by atoms with E-state index in [0.29, 0.717) is 31.4 Å². The maximum absolute atomic E-state index is 14.3. The minimum absolute atomic E-state index is 0.0207. The monoisotopic (exact) mass is 929 g/mol. The van der Waals surface area contributed by atoms with Crippen molar-refractivity contribution in [1.29, 1.82) is 0 Å². The SMILES string of the molecule is CC[C@H](C)[C@@H]([C@@H](CC(=O)N1CCC[C@H]1[C@H](OC)[C@@H](C)C(=O)N[C@@H](Cc1ccccc1)C(=O)NS(=O)(=O)CCCN=[N+]=[N-])OC)N(C)C(=O)[C@@H](NC(=O)Oc1ccc([N+](=O)[O-])cc1)C(C)C. The zero-order valence-corrected chi connectivity index (χ0v) is 39.1. The van der Waals surface area contributed by atoms with Gasteiger partial charge in [-0.15, -0.1) is 0 Å². The van der Waals surface area contributed by atoms with E-state index in [1.54, 1.807) is 63.1 Å². The molecule has 0 aromatic heterocycles. The number of methoxy groups -OCH3 is 2. The van der Waals surface area contributed by atoms with Crippen molar-refractivity contribution in [2.45, 2.75) is 110 Å². The first-order valence-electron chi connectivity index (χ1n) is 21.5. The zero-order chi connectivity index (χ0) is 48.4. The van der Waals surface area contributed by atoms with Crippen molar-refractivity contribution in [3.8, 4) is 5.75 Å². The number of nitrogens with one attached hydrogen (secondary N) is 3. The first kappa shape index (κ1) is 53.5. The lowest BCUT2D eigenvalue weighted by atomic mass is 9.89. The molecule has 2 aromatic rings. The molecule has 8 atom stereocenters. The number of nitro benzene ring substituents is 1. The van der Waals surface area contributed by atoms with Gasteiger partial charge in [-0.05, 0) is 54.3 Å². The maximum Gasteiger partial charge on any atom is 0.413 e. The van der Waals surface area contributed by atoms with Crippen LogP contribution in [0, 0.1) is 27.9 Å². The number of hydrogen-bond donors (Lipinski definition) is 3. The van der Waals surface area contributed by atoms with Crippen LogP contribution in [0.3, 0.4) is 0 Å². The van der Waals surface area contributed by atoms with Gasteiger partial charge < -0.3 is 34.6 Å². The molecule has 1 heterocycles. The van der Waals surface area contributed by atoms with E-state index < -0.39 is 92.7 Å². The summed E-state index contributed by atoms with van der Waals surface area (Å²) in [5, 5.41) is 19.7. The molecule has 0 bridgehead atoms. The van der Waals surface area contributed by atoms with Crippen molar-refractivity contribution in [3.05, 3.63) is 80.7 Å². The number of hydrogen-bond acceptors (Lipinski definition) is 13. The molecule has 1 aliphatic heterocycles. The maximum atomic E-state index is 14.3. The molecule has 0 spiro atoms. The Morgan fingerprint density at radius 2 is 1.66 bits per heavy atom. The molecule has 3 N–H and O–H groups in total. The first-order valence-corrected chi connectivity index (χ1v) is 23.2. The van der Waals surface area contributed by atoms with Gasteiger partial charge in [0.2, 0.25) is 27.7 Å². The second kappa shape index (κ2) is 25.6. The number of carbonyl (C=O) groups is 5. The van der Waals surface area contributed by atoms with Gasteiger partial charge in [0.25, 0.3) is 11.6 Å². The van der Waals surface area contributed by atoms with Crippen molar-refractivity contribution in [2.75, 3.05) is 40.1 Å². The average molecular weight is 930 g/mol. The number of likely N-dealkylation sites (tertiary alicyclic amines) is 1. The Hall–Kier alpha value is -5.83. The van der Waals surface area contributed by atoms with Crippen LogP contribution in [0.2, 0.25) is 0 Å². The number of likely N-dealkylation sites (N-methyl/N-ethyl adjacent to an activating group) is 1. The van der Waals surface area contributed by atoms with Crippen LogP contribution in [-0.4, -0.2) is 129 Å². The van der Waals surface area contributed by atoms with Gasteiger partial charge in [-0.3, -0.25) is 34.0 Å². The lowest BCUT2D eigenvalue weighted by Gasteiger charge is -2.40. The number of azide groups is 1. The minimum Gasteiger partial charge on any atom is -0.410 e. The van der Waals surface area contributed by atoms with Gasteiger partial charge in [0, 0.05) is 57.8 Å². The Kier molecular flexibility index (Phi) is 21.1. The van der Waals surface area contributed by atoms with Crippen molar-refractivity contribution in [2.24, 2.45) is 22.9 Å². The summed E-state index contributed by atoms with van der Waals surface area (Å²) in [6.07, 6.45) is -1.08. The van der Waals surface area contributed by atoms with Gasteiger partial charge in [-0.2, -0.15) is 0 Å². The number of nitrogens with zero attached hydrogens (tertiary/aromatic N) is 6. The van der Waals surface area contributed by atoms with Crippen LogP contribution < -0.4 is 20.1 Å². The quantitative estimate of drug-likeness (QED) is 0.0310. The van der Waals surface area contributed by atoms with E-state index in [-0.39, 0.29) is 49.1 Å². The topological polar surface area (TPSA) is 282 Å². The Morgan fingerprint density at radius 3 is 2.23 bits per heavy atom. The predicted molar refractivity (Wildman–Crippen MR) is 240 cm³/mol. The summed E-state index contributed by atoms with van der Waals surface area (Å²) < 4.78 is 44.7. The first-order chi connectivity index (χ1) is 30.8. The van der Waals surface area contributed by atoms with E-state index in [1.807, 2.05) is 18.6 Å². The largest absolute Gasteiger partial charge is 0.413 e. The third-order valence-corrected chi connectivity index (χ3v) is 13.0. The van der Waals surface area contributed by atoms with E-state index >= 15 is 0 Å². The molecule has 1 saturated heterocycles. The highest BCUT2D eigenvalue weighted by molar-refractivity contribution is 7.90. The van der Waals surface area contributed by atoms with E-state index in [4.69, 9.17) is 19.7 Å². The van der Waals surface area contributed by atoms with Crippen molar-refractivity contribution in [1.82, 2.24) is 25.2 Å². The minimum atomic E-state index is -4.14. The fraction of sp³-hybridized carbons (Fsp3) is 0.605. The van der Waals surface area contributed by atoms with Gasteiger partial charge in [-0.25, -0.2) is 13.2 Å².